The van der Waals surface area contributed by atoms with Crippen molar-refractivity contribution in [3.05, 3.63) is 129 Å². The SMILES string of the molecule is CCCCC(CC)COCCCN.O=[N+]([O-])c1ccc([O-])c(N=Nc2c([O-])ccc3ccccc23)c1.O=[N+]([O-])c1ccc([O-])c(N=Nc2c([O-])ccc3ccccc23)c1.[Cr+3].[H+]. The number of ether oxygens (including phenoxy) is 1. The van der Waals surface area contributed by atoms with Crippen LogP contribution in [-0.4, -0.2) is 29.6 Å². The Hall–Kier alpha value is -6.51. The number of hydrogen-bond acceptors (Lipinski definition) is 14. The van der Waals surface area contributed by atoms with Gasteiger partial charge >= 0.3 is 18.8 Å². The second kappa shape index (κ2) is 24.4. The van der Waals surface area contributed by atoms with Gasteiger partial charge in [-0.3, -0.25) is 20.2 Å². The van der Waals surface area contributed by atoms with Crippen LogP contribution < -0.4 is 26.2 Å². The fraction of sp³-hybridized carbons (Fsp3) is 0.256. The molecule has 1 radical (unpaired) electrons. The molecule has 0 saturated heterocycles. The Morgan fingerprint density at radius 3 is 1.50 bits per heavy atom. The van der Waals surface area contributed by atoms with Gasteiger partial charge in [0.15, 0.2) is 0 Å². The minimum Gasteiger partial charge on any atom is -0.871 e. The van der Waals surface area contributed by atoms with Crippen LogP contribution in [0.5, 0.6) is 23.0 Å². The molecule has 311 valence electrons. The third-order valence-corrected chi connectivity index (χ3v) is 8.94. The minimum absolute atomic E-state index is 0. The molecule has 16 nitrogen and oxygen atoms in total. The number of fused-ring (bicyclic) bond motifs is 2. The molecule has 6 rings (SSSR count). The van der Waals surface area contributed by atoms with E-state index in [4.69, 9.17) is 10.5 Å². The van der Waals surface area contributed by atoms with Gasteiger partial charge in [-0.25, -0.2) is 0 Å². The van der Waals surface area contributed by atoms with Crippen LogP contribution in [0.15, 0.2) is 130 Å². The third kappa shape index (κ3) is 13.8. The van der Waals surface area contributed by atoms with Crippen LogP contribution in [0.25, 0.3) is 21.5 Å². The Bertz CT molecular complexity index is 2270. The first-order valence-electron chi connectivity index (χ1n) is 18.9. The van der Waals surface area contributed by atoms with Gasteiger partial charge in [0, 0.05) is 48.3 Å². The number of nitrogens with two attached hydrogens (primary N) is 1. The Balaban J connectivity index is 0.000000324. The van der Waals surface area contributed by atoms with Crippen molar-refractivity contribution in [2.24, 2.45) is 32.1 Å². The molecule has 0 aliphatic rings. The average molecular weight is 855 g/mol. The summed E-state index contributed by atoms with van der Waals surface area (Å²) in [5.41, 5.74) is 4.65. The molecule has 0 saturated carbocycles. The molecule has 0 spiro atoms. The third-order valence-electron chi connectivity index (χ3n) is 8.94. The second-order valence-electron chi connectivity index (χ2n) is 13.1. The van der Waals surface area contributed by atoms with E-state index < -0.39 is 21.3 Å². The maximum atomic E-state index is 12.0. The zero-order valence-corrected chi connectivity index (χ0v) is 34.2. The first-order chi connectivity index (χ1) is 28.5. The quantitative estimate of drug-likeness (QED) is 0.0442. The Morgan fingerprint density at radius 1 is 0.633 bits per heavy atom. The Kier molecular flexibility index (Phi) is 19.5. The van der Waals surface area contributed by atoms with Crippen molar-refractivity contribution in [3.8, 4) is 23.0 Å². The Labute approximate surface area is 358 Å². The summed E-state index contributed by atoms with van der Waals surface area (Å²) in [5.74, 6) is -0.938. The molecular formula is C43H44CrN7O9. The summed E-state index contributed by atoms with van der Waals surface area (Å²) in [4.78, 5) is 20.2. The normalized spacial score (nSPS) is 11.4. The van der Waals surface area contributed by atoms with Crippen LogP contribution in [0.2, 0.25) is 0 Å². The number of nitro benzene ring substituents is 2. The van der Waals surface area contributed by atoms with Gasteiger partial charge in [-0.15, -0.1) is 0 Å². The summed E-state index contributed by atoms with van der Waals surface area (Å²) in [6.45, 7) is 6.98. The van der Waals surface area contributed by atoms with Crippen molar-refractivity contribution >= 4 is 55.7 Å². The van der Waals surface area contributed by atoms with Gasteiger partial charge in [-0.2, -0.15) is 20.5 Å². The standard InChI is InChI=1S/2C16H11N3O4.C11H25NO.Cr/c2*20-14-8-6-11(19(22)23)9-13(14)17-18-16-12-4-2-1-3-10(12)5-7-15(16)21;1-3-5-7-11(4-2)10-13-9-6-8-12;/h2*1-9,20-21H;11H,3-10,12H2,1-2H3;/q;;;+3/p-3. The van der Waals surface area contributed by atoms with E-state index >= 15 is 0 Å². The van der Waals surface area contributed by atoms with E-state index in [1.54, 1.807) is 36.4 Å². The number of nitro groups is 2. The molecule has 0 aromatic heterocycles. The fourth-order valence-electron chi connectivity index (χ4n) is 5.61. The topological polar surface area (TPSA) is 263 Å². The van der Waals surface area contributed by atoms with Crippen LogP contribution in [0.1, 0.15) is 47.4 Å². The van der Waals surface area contributed by atoms with Crippen molar-refractivity contribution in [1.29, 1.82) is 0 Å². The van der Waals surface area contributed by atoms with Crippen LogP contribution in [-0.2, 0) is 22.1 Å². The van der Waals surface area contributed by atoms with E-state index in [2.05, 4.69) is 34.3 Å². The molecule has 1 atom stereocenters. The van der Waals surface area contributed by atoms with Gasteiger partial charge in [0.25, 0.3) is 11.4 Å². The van der Waals surface area contributed by atoms with Crippen LogP contribution in [0.4, 0.5) is 34.1 Å². The predicted molar refractivity (Wildman–Crippen MR) is 219 cm³/mol. The smallest absolute Gasteiger partial charge is 0.871 e. The summed E-state index contributed by atoms with van der Waals surface area (Å²) in [6, 6.07) is 26.7. The average Bonchev–Trinajstić information content (AvgIpc) is 3.24. The van der Waals surface area contributed by atoms with Gasteiger partial charge in [-0.05, 0) is 36.1 Å². The van der Waals surface area contributed by atoms with Gasteiger partial charge in [0.1, 0.15) is 0 Å². The number of hydrogen-bond donors (Lipinski definition) is 1. The number of azo groups is 2. The zero-order chi connectivity index (χ0) is 42.7. The molecular weight excluding hydrogens is 811 g/mol. The molecule has 0 amide bonds. The number of nitrogens with zero attached hydrogens (tertiary/aromatic N) is 6. The van der Waals surface area contributed by atoms with Crippen molar-refractivity contribution < 1.29 is 53.8 Å². The molecule has 0 heterocycles. The van der Waals surface area contributed by atoms with Crippen molar-refractivity contribution in [2.45, 2.75) is 46.0 Å². The summed E-state index contributed by atoms with van der Waals surface area (Å²) >= 11 is 0. The van der Waals surface area contributed by atoms with E-state index in [0.29, 0.717) is 10.8 Å². The number of benzene rings is 6. The molecule has 0 fully saturated rings. The predicted octanol–water partition coefficient (Wildman–Crippen LogP) is 9.30. The minimum atomic E-state index is -0.630. The fourth-order valence-corrected chi connectivity index (χ4v) is 5.61. The first kappa shape index (κ1) is 47.9. The summed E-state index contributed by atoms with van der Waals surface area (Å²) in [7, 11) is 0. The number of rotatable bonds is 15. The van der Waals surface area contributed by atoms with Gasteiger partial charge in [-0.1, -0.05) is 141 Å². The maximum Gasteiger partial charge on any atom is 3.00 e. The van der Waals surface area contributed by atoms with E-state index in [9.17, 15) is 40.7 Å². The number of unbranched alkanes of at least 4 members (excludes halogenated alkanes) is 1. The van der Waals surface area contributed by atoms with E-state index in [0.717, 1.165) is 79.3 Å². The van der Waals surface area contributed by atoms with Crippen molar-refractivity contribution in [2.75, 3.05) is 19.8 Å². The maximum absolute atomic E-state index is 12.0. The summed E-state index contributed by atoms with van der Waals surface area (Å²) < 4.78 is 5.54. The van der Waals surface area contributed by atoms with Crippen molar-refractivity contribution in [3.63, 3.8) is 0 Å². The number of non-ortho nitro benzene ring substituents is 2. The largest absolute Gasteiger partial charge is 3.00 e. The molecule has 0 aliphatic carbocycles. The monoisotopic (exact) mass is 854 g/mol. The van der Waals surface area contributed by atoms with Crippen LogP contribution in [0.3, 0.4) is 0 Å². The first-order valence-corrected chi connectivity index (χ1v) is 18.9. The molecule has 2 N–H and O–H groups in total. The summed E-state index contributed by atoms with van der Waals surface area (Å²) in [5, 5.41) is 86.9. The molecule has 17 heteroatoms. The van der Waals surface area contributed by atoms with E-state index in [1.807, 2.05) is 24.3 Å². The molecule has 0 aliphatic heterocycles. The Morgan fingerprint density at radius 2 is 1.08 bits per heavy atom. The zero-order valence-electron chi connectivity index (χ0n) is 34.0. The molecule has 6 aromatic carbocycles. The van der Waals surface area contributed by atoms with Gasteiger partial charge in [0.2, 0.25) is 0 Å². The molecule has 6 aromatic rings. The van der Waals surface area contributed by atoms with Gasteiger partial charge in [0.05, 0.1) is 32.6 Å². The summed E-state index contributed by atoms with van der Waals surface area (Å²) in [6.07, 6.45) is 6.17. The molecule has 60 heavy (non-hydrogen) atoms. The molecule has 1 unspecified atom stereocenters. The van der Waals surface area contributed by atoms with E-state index in [1.165, 1.54) is 37.8 Å². The van der Waals surface area contributed by atoms with Gasteiger partial charge < -0.3 is 30.9 Å². The van der Waals surface area contributed by atoms with Crippen LogP contribution >= 0.6 is 0 Å². The van der Waals surface area contributed by atoms with E-state index in [-0.39, 0.29) is 64.4 Å². The van der Waals surface area contributed by atoms with Crippen molar-refractivity contribution in [1.82, 2.24) is 0 Å². The second-order valence-corrected chi connectivity index (χ2v) is 13.1. The van der Waals surface area contributed by atoms with Crippen LogP contribution in [0, 0.1) is 26.1 Å². The molecule has 0 bridgehead atoms.